The Kier molecular flexibility index (Phi) is 2.49. The fourth-order valence-corrected chi connectivity index (χ4v) is 1.79. The molecule has 0 atom stereocenters. The van der Waals surface area contributed by atoms with Crippen LogP contribution < -0.4 is 5.32 Å². The number of hydrogen-bond donors (Lipinski definition) is 2. The summed E-state index contributed by atoms with van der Waals surface area (Å²) in [6.45, 7) is 0. The number of aromatic amines is 1. The number of benzene rings is 1. The van der Waals surface area contributed by atoms with Crippen LogP contribution in [0.15, 0.2) is 49.1 Å². The minimum absolute atomic E-state index is 0.279. The van der Waals surface area contributed by atoms with Crippen molar-refractivity contribution in [2.45, 2.75) is 0 Å². The van der Waals surface area contributed by atoms with E-state index >= 15 is 0 Å². The first-order chi connectivity index (χ1) is 8.84. The molecule has 5 nitrogen and oxygen atoms in total. The number of nitrogens with one attached hydrogen (secondary N) is 2. The molecule has 0 bridgehead atoms. The standard InChI is InChI=1S/C13H10N4O/c18-13(12-15-5-6-16-12)17-11-8-14-7-9-3-1-2-4-10(9)11/h1-8H,(H,15,16)(H,17,18). The summed E-state index contributed by atoms with van der Waals surface area (Å²) in [6.07, 6.45) is 6.54. The molecule has 0 radical (unpaired) electrons. The molecule has 5 heteroatoms. The minimum atomic E-state index is -0.279. The second kappa shape index (κ2) is 4.29. The van der Waals surface area contributed by atoms with E-state index in [4.69, 9.17) is 0 Å². The Hall–Kier alpha value is -2.69. The maximum Gasteiger partial charge on any atom is 0.291 e. The molecule has 0 aliphatic heterocycles. The molecule has 0 saturated heterocycles. The van der Waals surface area contributed by atoms with Crippen LogP contribution >= 0.6 is 0 Å². The van der Waals surface area contributed by atoms with Gasteiger partial charge in [0.25, 0.3) is 5.91 Å². The molecular weight excluding hydrogens is 228 g/mol. The Balaban J connectivity index is 1.98. The number of anilines is 1. The van der Waals surface area contributed by atoms with Crippen LogP contribution in [0, 0.1) is 0 Å². The Bertz CT molecular complexity index is 686. The Morgan fingerprint density at radius 2 is 2.11 bits per heavy atom. The highest BCUT2D eigenvalue weighted by molar-refractivity contribution is 6.07. The van der Waals surface area contributed by atoms with Crippen molar-refractivity contribution in [3.05, 3.63) is 54.9 Å². The van der Waals surface area contributed by atoms with Crippen molar-refractivity contribution in [3.63, 3.8) is 0 Å². The molecule has 88 valence electrons. The van der Waals surface area contributed by atoms with Crippen molar-refractivity contribution in [3.8, 4) is 0 Å². The second-order valence-corrected chi connectivity index (χ2v) is 3.80. The normalized spacial score (nSPS) is 10.4. The van der Waals surface area contributed by atoms with Crippen LogP contribution in [0.25, 0.3) is 10.8 Å². The number of imidazole rings is 1. The maximum absolute atomic E-state index is 11.9. The summed E-state index contributed by atoms with van der Waals surface area (Å²) in [5.74, 6) is 0.00101. The molecule has 18 heavy (non-hydrogen) atoms. The predicted octanol–water partition coefficient (Wildman–Crippen LogP) is 2.21. The molecule has 0 aliphatic carbocycles. The highest BCUT2D eigenvalue weighted by Gasteiger charge is 2.09. The number of fused-ring (bicyclic) bond motifs is 1. The van der Waals surface area contributed by atoms with Gasteiger partial charge >= 0.3 is 0 Å². The molecule has 2 N–H and O–H groups in total. The number of carbonyl (C=O) groups is 1. The summed E-state index contributed by atoms with van der Waals surface area (Å²) < 4.78 is 0. The average Bonchev–Trinajstić information content (AvgIpc) is 2.93. The fraction of sp³-hybridized carbons (Fsp3) is 0. The van der Waals surface area contributed by atoms with Crippen molar-refractivity contribution in [1.82, 2.24) is 15.0 Å². The number of carbonyl (C=O) groups excluding carboxylic acids is 1. The molecule has 2 aromatic heterocycles. The molecule has 0 unspecified atom stereocenters. The zero-order chi connectivity index (χ0) is 12.4. The van der Waals surface area contributed by atoms with Gasteiger partial charge in [-0.05, 0) is 0 Å². The van der Waals surface area contributed by atoms with Crippen LogP contribution in [-0.4, -0.2) is 20.9 Å². The second-order valence-electron chi connectivity index (χ2n) is 3.80. The lowest BCUT2D eigenvalue weighted by molar-refractivity contribution is 0.101. The summed E-state index contributed by atoms with van der Waals surface area (Å²) in [4.78, 5) is 22.7. The van der Waals surface area contributed by atoms with Crippen molar-refractivity contribution >= 4 is 22.4 Å². The van der Waals surface area contributed by atoms with E-state index in [1.807, 2.05) is 24.3 Å². The lowest BCUT2D eigenvalue weighted by atomic mass is 10.1. The fourth-order valence-electron chi connectivity index (χ4n) is 1.79. The Labute approximate surface area is 103 Å². The van der Waals surface area contributed by atoms with E-state index in [0.717, 1.165) is 10.8 Å². The van der Waals surface area contributed by atoms with Crippen molar-refractivity contribution < 1.29 is 4.79 Å². The van der Waals surface area contributed by atoms with Crippen molar-refractivity contribution in [1.29, 1.82) is 0 Å². The van der Waals surface area contributed by atoms with Crippen LogP contribution in [0.3, 0.4) is 0 Å². The monoisotopic (exact) mass is 238 g/mol. The summed E-state index contributed by atoms with van der Waals surface area (Å²) in [6, 6.07) is 7.74. The zero-order valence-corrected chi connectivity index (χ0v) is 9.42. The van der Waals surface area contributed by atoms with Gasteiger partial charge in [0.05, 0.1) is 11.9 Å². The third-order valence-electron chi connectivity index (χ3n) is 2.63. The van der Waals surface area contributed by atoms with Gasteiger partial charge in [0.2, 0.25) is 0 Å². The summed E-state index contributed by atoms with van der Waals surface area (Å²) in [5, 5.41) is 4.72. The third kappa shape index (κ3) is 1.82. The number of aromatic nitrogens is 3. The third-order valence-corrected chi connectivity index (χ3v) is 2.63. The van der Waals surface area contributed by atoms with E-state index in [1.54, 1.807) is 18.6 Å². The minimum Gasteiger partial charge on any atom is -0.341 e. The number of rotatable bonds is 2. The van der Waals surface area contributed by atoms with Crippen LogP contribution in [0.1, 0.15) is 10.6 Å². The first-order valence-corrected chi connectivity index (χ1v) is 5.48. The molecule has 3 aromatic rings. The van der Waals surface area contributed by atoms with Crippen LogP contribution in [0.5, 0.6) is 0 Å². The van der Waals surface area contributed by atoms with E-state index in [1.165, 1.54) is 6.20 Å². The first-order valence-electron chi connectivity index (χ1n) is 5.48. The predicted molar refractivity (Wildman–Crippen MR) is 68.3 cm³/mol. The molecule has 2 heterocycles. The number of pyridine rings is 1. The smallest absolute Gasteiger partial charge is 0.291 e. The van der Waals surface area contributed by atoms with Gasteiger partial charge < -0.3 is 10.3 Å². The molecular formula is C13H10N4O. The van der Waals surface area contributed by atoms with E-state index in [2.05, 4.69) is 20.3 Å². The average molecular weight is 238 g/mol. The molecule has 0 fully saturated rings. The molecule has 1 amide bonds. The van der Waals surface area contributed by atoms with Crippen LogP contribution in [-0.2, 0) is 0 Å². The van der Waals surface area contributed by atoms with E-state index < -0.39 is 0 Å². The van der Waals surface area contributed by atoms with Gasteiger partial charge in [-0.15, -0.1) is 0 Å². The number of H-pyrrole nitrogens is 1. The quantitative estimate of drug-likeness (QED) is 0.719. The van der Waals surface area contributed by atoms with Crippen LogP contribution in [0.4, 0.5) is 5.69 Å². The SMILES string of the molecule is O=C(Nc1cncc2ccccc12)c1ncc[nH]1. The largest absolute Gasteiger partial charge is 0.341 e. The number of hydrogen-bond acceptors (Lipinski definition) is 3. The molecule has 0 spiro atoms. The van der Waals surface area contributed by atoms with E-state index in [9.17, 15) is 4.79 Å². The van der Waals surface area contributed by atoms with Crippen molar-refractivity contribution in [2.24, 2.45) is 0 Å². The summed E-state index contributed by atoms with van der Waals surface area (Å²) in [5.41, 5.74) is 0.675. The van der Waals surface area contributed by atoms with E-state index in [-0.39, 0.29) is 11.7 Å². The van der Waals surface area contributed by atoms with Crippen molar-refractivity contribution in [2.75, 3.05) is 5.32 Å². The van der Waals surface area contributed by atoms with Gasteiger partial charge in [-0.2, -0.15) is 0 Å². The zero-order valence-electron chi connectivity index (χ0n) is 9.42. The molecule has 3 rings (SSSR count). The first kappa shape index (κ1) is 10.5. The molecule has 1 aromatic carbocycles. The summed E-state index contributed by atoms with van der Waals surface area (Å²) in [7, 11) is 0. The molecule has 0 aliphatic rings. The van der Waals surface area contributed by atoms with Gasteiger partial charge in [-0.3, -0.25) is 9.78 Å². The van der Waals surface area contributed by atoms with Gasteiger partial charge in [-0.25, -0.2) is 4.98 Å². The summed E-state index contributed by atoms with van der Waals surface area (Å²) >= 11 is 0. The topological polar surface area (TPSA) is 70.7 Å². The lowest BCUT2D eigenvalue weighted by Crippen LogP contribution is -2.13. The highest BCUT2D eigenvalue weighted by Crippen LogP contribution is 2.21. The highest BCUT2D eigenvalue weighted by atomic mass is 16.2. The number of amides is 1. The lowest BCUT2D eigenvalue weighted by Gasteiger charge is -2.06. The number of nitrogens with zero attached hydrogens (tertiary/aromatic N) is 2. The van der Waals surface area contributed by atoms with Gasteiger partial charge in [-0.1, -0.05) is 24.3 Å². The van der Waals surface area contributed by atoms with Gasteiger partial charge in [0, 0.05) is 29.4 Å². The van der Waals surface area contributed by atoms with E-state index in [0.29, 0.717) is 5.69 Å². The Morgan fingerprint density at radius 1 is 1.22 bits per heavy atom. The Morgan fingerprint density at radius 3 is 2.94 bits per heavy atom. The maximum atomic E-state index is 11.9. The van der Waals surface area contributed by atoms with Crippen LogP contribution in [0.2, 0.25) is 0 Å². The van der Waals surface area contributed by atoms with Gasteiger partial charge in [0.15, 0.2) is 5.82 Å². The molecule has 0 saturated carbocycles. The van der Waals surface area contributed by atoms with Gasteiger partial charge in [0.1, 0.15) is 0 Å².